The molecular weight excluding hydrogens is 417 g/mol. The van der Waals surface area contributed by atoms with Crippen LogP contribution in [0.2, 0.25) is 0 Å². The molecule has 1 aliphatic heterocycles. The van der Waals surface area contributed by atoms with E-state index in [-0.39, 0.29) is 37.4 Å². The number of benzene rings is 1. The highest BCUT2D eigenvalue weighted by Gasteiger charge is 2.36. The van der Waals surface area contributed by atoms with Crippen molar-refractivity contribution >= 4 is 28.6 Å². The summed E-state index contributed by atoms with van der Waals surface area (Å²) in [5, 5.41) is 14.0. The third-order valence-electron chi connectivity index (χ3n) is 5.58. The Bertz CT molecular complexity index is 1210. The van der Waals surface area contributed by atoms with Crippen LogP contribution >= 0.6 is 0 Å². The Kier molecular flexibility index (Phi) is 5.68. The number of nitrogens with zero attached hydrogens (tertiary/aromatic N) is 5. The van der Waals surface area contributed by atoms with Crippen molar-refractivity contribution in [1.29, 1.82) is 0 Å². The molecule has 0 spiro atoms. The molecule has 2 aromatic heterocycles. The zero-order chi connectivity index (χ0) is 23.0. The molecule has 1 saturated heterocycles. The van der Waals surface area contributed by atoms with E-state index in [1.807, 2.05) is 6.07 Å². The highest BCUT2D eigenvalue weighted by atomic mass is 19.1. The number of carboxylic acids is 1. The van der Waals surface area contributed by atoms with Crippen LogP contribution in [0.3, 0.4) is 0 Å². The van der Waals surface area contributed by atoms with Crippen molar-refractivity contribution in [3.63, 3.8) is 0 Å². The molecule has 166 valence electrons. The molecule has 3 aromatic rings. The van der Waals surface area contributed by atoms with Crippen LogP contribution < -0.4 is 0 Å². The van der Waals surface area contributed by atoms with Crippen LogP contribution in [0.5, 0.6) is 0 Å². The van der Waals surface area contributed by atoms with E-state index in [2.05, 4.69) is 15.1 Å². The summed E-state index contributed by atoms with van der Waals surface area (Å²) in [7, 11) is 0. The summed E-state index contributed by atoms with van der Waals surface area (Å²) in [6.07, 6.45) is 1.80. The lowest BCUT2D eigenvalue weighted by molar-refractivity contribution is -0.140. The minimum atomic E-state index is -1.26. The van der Waals surface area contributed by atoms with Crippen molar-refractivity contribution < 1.29 is 23.9 Å². The Morgan fingerprint density at radius 3 is 2.56 bits per heavy atom. The summed E-state index contributed by atoms with van der Waals surface area (Å²) in [4.78, 5) is 45.8. The SMILES string of the molecule is CC(=O)c1nn(CC(=O)N2C[C@H](F)C[C@H]2CC(=O)O)c2ccc(-c3cnc(C)nc3)cc12. The number of aryl methyl sites for hydroxylation is 1. The van der Waals surface area contributed by atoms with E-state index in [0.29, 0.717) is 16.7 Å². The second-order valence-corrected chi connectivity index (χ2v) is 7.94. The molecule has 0 aliphatic carbocycles. The largest absolute Gasteiger partial charge is 0.481 e. The van der Waals surface area contributed by atoms with E-state index in [9.17, 15) is 18.8 Å². The maximum atomic E-state index is 13.9. The lowest BCUT2D eigenvalue weighted by atomic mass is 10.0. The van der Waals surface area contributed by atoms with Gasteiger partial charge >= 0.3 is 5.97 Å². The molecule has 1 amide bonds. The zero-order valence-electron chi connectivity index (χ0n) is 17.7. The number of likely N-dealkylation sites (tertiary alicyclic amines) is 1. The van der Waals surface area contributed by atoms with Crippen molar-refractivity contribution in [1.82, 2.24) is 24.6 Å². The van der Waals surface area contributed by atoms with Crippen molar-refractivity contribution in [2.24, 2.45) is 0 Å². The van der Waals surface area contributed by atoms with Crippen molar-refractivity contribution in [3.05, 3.63) is 42.1 Å². The lowest BCUT2D eigenvalue weighted by Gasteiger charge is -2.23. The van der Waals surface area contributed by atoms with Crippen molar-refractivity contribution in [3.8, 4) is 11.1 Å². The number of carboxylic acid groups (broad SMARTS) is 1. The molecule has 1 N–H and O–H groups in total. The first-order valence-corrected chi connectivity index (χ1v) is 10.2. The Hall–Kier alpha value is -3.69. The first-order chi connectivity index (χ1) is 15.2. The van der Waals surface area contributed by atoms with Gasteiger partial charge in [-0.25, -0.2) is 14.4 Å². The number of carbonyl (C=O) groups excluding carboxylic acids is 2. The fourth-order valence-corrected chi connectivity index (χ4v) is 4.06. The van der Waals surface area contributed by atoms with Gasteiger partial charge in [-0.3, -0.25) is 19.1 Å². The molecular formula is C22H22FN5O4. The first-order valence-electron chi connectivity index (χ1n) is 10.2. The summed E-state index contributed by atoms with van der Waals surface area (Å²) < 4.78 is 15.3. The number of carbonyl (C=O) groups is 3. The second-order valence-electron chi connectivity index (χ2n) is 7.94. The van der Waals surface area contributed by atoms with Crippen molar-refractivity contribution in [2.45, 2.75) is 45.4 Å². The van der Waals surface area contributed by atoms with Gasteiger partial charge < -0.3 is 10.0 Å². The Morgan fingerprint density at radius 1 is 1.19 bits per heavy atom. The average molecular weight is 439 g/mol. The summed E-state index contributed by atoms with van der Waals surface area (Å²) in [6.45, 7) is 2.81. The van der Waals surface area contributed by atoms with E-state index < -0.39 is 24.1 Å². The molecule has 10 heteroatoms. The molecule has 9 nitrogen and oxygen atoms in total. The molecule has 0 bridgehead atoms. The maximum absolute atomic E-state index is 13.9. The molecule has 4 rings (SSSR count). The fraction of sp³-hybridized carbons (Fsp3) is 0.364. The van der Waals surface area contributed by atoms with Gasteiger partial charge in [-0.15, -0.1) is 0 Å². The third kappa shape index (κ3) is 4.20. The normalized spacial score (nSPS) is 18.3. The molecule has 32 heavy (non-hydrogen) atoms. The predicted octanol–water partition coefficient (Wildman–Crippen LogP) is 2.42. The lowest BCUT2D eigenvalue weighted by Crippen LogP contribution is -2.39. The number of Topliss-reactive ketones (excluding diaryl/α,β-unsaturated/α-hetero) is 1. The Morgan fingerprint density at radius 2 is 1.91 bits per heavy atom. The molecule has 1 aliphatic rings. The van der Waals surface area contributed by atoms with Gasteiger partial charge in [0.25, 0.3) is 0 Å². The molecule has 1 fully saturated rings. The van der Waals surface area contributed by atoms with E-state index in [0.717, 1.165) is 11.1 Å². The van der Waals surface area contributed by atoms with Gasteiger partial charge in [-0.2, -0.15) is 5.10 Å². The first kappa shape index (κ1) is 21.5. The number of ketones is 1. The second kappa shape index (κ2) is 8.45. The van der Waals surface area contributed by atoms with E-state index in [4.69, 9.17) is 5.11 Å². The molecule has 0 unspecified atom stereocenters. The van der Waals surface area contributed by atoms with Gasteiger partial charge in [-0.05, 0) is 24.6 Å². The van der Waals surface area contributed by atoms with Crippen LogP contribution in [0.25, 0.3) is 22.0 Å². The van der Waals surface area contributed by atoms with Gasteiger partial charge in [0.05, 0.1) is 18.5 Å². The number of alkyl halides is 1. The number of rotatable bonds is 6. The average Bonchev–Trinajstić information content (AvgIpc) is 3.28. The molecule has 3 heterocycles. The molecule has 0 saturated carbocycles. The third-order valence-corrected chi connectivity index (χ3v) is 5.58. The van der Waals surface area contributed by atoms with Crippen LogP contribution in [-0.4, -0.2) is 66.2 Å². The highest BCUT2D eigenvalue weighted by molar-refractivity contribution is 6.06. The minimum absolute atomic E-state index is 0.00142. The zero-order valence-corrected chi connectivity index (χ0v) is 17.7. The number of halogens is 1. The molecule has 1 aromatic carbocycles. The summed E-state index contributed by atoms with van der Waals surface area (Å²) in [5.41, 5.74) is 2.37. The Labute approximate surface area is 182 Å². The van der Waals surface area contributed by atoms with Crippen molar-refractivity contribution in [2.75, 3.05) is 6.54 Å². The summed E-state index contributed by atoms with van der Waals surface area (Å²) in [5.74, 6) is -1.14. The quantitative estimate of drug-likeness (QED) is 0.586. The van der Waals surface area contributed by atoms with Crippen LogP contribution in [0.1, 0.15) is 36.1 Å². The molecule has 0 radical (unpaired) electrons. The smallest absolute Gasteiger partial charge is 0.305 e. The minimum Gasteiger partial charge on any atom is -0.481 e. The summed E-state index contributed by atoms with van der Waals surface area (Å²) in [6, 6.07) is 4.68. The number of amides is 1. The molecule has 2 atom stereocenters. The van der Waals surface area contributed by atoms with Crippen LogP contribution in [0.15, 0.2) is 30.6 Å². The van der Waals surface area contributed by atoms with Gasteiger partial charge in [-0.1, -0.05) is 6.07 Å². The highest BCUT2D eigenvalue weighted by Crippen LogP contribution is 2.28. The Balaban J connectivity index is 1.67. The van der Waals surface area contributed by atoms with E-state index in [1.54, 1.807) is 31.5 Å². The van der Waals surface area contributed by atoms with Crippen LogP contribution in [0, 0.1) is 6.92 Å². The van der Waals surface area contributed by atoms with Gasteiger partial charge in [0.2, 0.25) is 5.91 Å². The van der Waals surface area contributed by atoms with E-state index >= 15 is 0 Å². The number of aromatic nitrogens is 4. The monoisotopic (exact) mass is 439 g/mol. The van der Waals surface area contributed by atoms with Gasteiger partial charge in [0, 0.05) is 42.7 Å². The number of hydrogen-bond donors (Lipinski definition) is 1. The van der Waals surface area contributed by atoms with Gasteiger partial charge in [0.15, 0.2) is 5.78 Å². The van der Waals surface area contributed by atoms with E-state index in [1.165, 1.54) is 16.5 Å². The standard InChI is InChI=1S/C22H22FN5O4/c1-12(29)22-18-5-14(15-8-24-13(2)25-9-15)3-4-19(18)28(26-22)11-20(30)27-10-16(23)6-17(27)7-21(31)32/h3-5,8-9,16-17H,6-7,10-11H2,1-2H3,(H,31,32)/t16-,17+/m1/s1. The predicted molar refractivity (Wildman–Crippen MR) is 113 cm³/mol. The van der Waals surface area contributed by atoms with Crippen LogP contribution in [-0.2, 0) is 16.1 Å². The topological polar surface area (TPSA) is 118 Å². The van der Waals surface area contributed by atoms with Gasteiger partial charge in [0.1, 0.15) is 24.2 Å². The summed E-state index contributed by atoms with van der Waals surface area (Å²) >= 11 is 0. The van der Waals surface area contributed by atoms with Crippen LogP contribution in [0.4, 0.5) is 4.39 Å². The number of aliphatic carboxylic acids is 1. The number of fused-ring (bicyclic) bond motifs is 1. The maximum Gasteiger partial charge on any atom is 0.305 e. The number of hydrogen-bond acceptors (Lipinski definition) is 6. The fourth-order valence-electron chi connectivity index (χ4n) is 4.06.